The number of hydrogen-bond acceptors (Lipinski definition) is 3. The molecular weight excluding hydrogens is 285 g/mol. The van der Waals surface area contributed by atoms with Gasteiger partial charge in [0, 0.05) is 18.2 Å². The van der Waals surface area contributed by atoms with Crippen LogP contribution in [0, 0.1) is 5.82 Å². The van der Waals surface area contributed by atoms with E-state index in [0.29, 0.717) is 18.8 Å². The Bertz CT molecular complexity index is 477. The molecular formula is C14H17ClFNO3. The maximum absolute atomic E-state index is 13.0. The maximum Gasteiger partial charge on any atom is 0.251 e. The van der Waals surface area contributed by atoms with Crippen LogP contribution in [-0.4, -0.2) is 37.9 Å². The quantitative estimate of drug-likeness (QED) is 0.908. The molecule has 1 aliphatic heterocycles. The summed E-state index contributed by atoms with van der Waals surface area (Å²) in [5, 5.41) is 2.72. The second-order valence-corrected chi connectivity index (χ2v) is 5.23. The van der Waals surface area contributed by atoms with Crippen LogP contribution in [0.25, 0.3) is 0 Å². The number of rotatable bonds is 5. The second kappa shape index (κ2) is 7.02. The third kappa shape index (κ3) is 4.16. The summed E-state index contributed by atoms with van der Waals surface area (Å²) in [6.45, 7) is 3.58. The fraction of sp³-hybridized carbons (Fsp3) is 0.500. The van der Waals surface area contributed by atoms with E-state index in [1.54, 1.807) is 0 Å². The summed E-state index contributed by atoms with van der Waals surface area (Å²) < 4.78 is 23.8. The van der Waals surface area contributed by atoms with E-state index in [4.69, 9.17) is 21.1 Å². The van der Waals surface area contributed by atoms with Crippen LogP contribution in [0.15, 0.2) is 18.2 Å². The highest BCUT2D eigenvalue weighted by molar-refractivity contribution is 6.31. The molecule has 1 aromatic carbocycles. The third-order valence-electron chi connectivity index (χ3n) is 3.03. The first-order chi connectivity index (χ1) is 9.56. The molecule has 20 heavy (non-hydrogen) atoms. The lowest BCUT2D eigenvalue weighted by molar-refractivity contribution is 0.0318. The highest BCUT2D eigenvalue weighted by Crippen LogP contribution is 2.16. The number of amides is 1. The van der Waals surface area contributed by atoms with Crippen molar-refractivity contribution in [1.29, 1.82) is 0 Å². The fourth-order valence-electron chi connectivity index (χ4n) is 1.91. The molecule has 0 aromatic heterocycles. The molecule has 2 unspecified atom stereocenters. The molecule has 0 spiro atoms. The Kier molecular flexibility index (Phi) is 5.34. The van der Waals surface area contributed by atoms with E-state index in [2.05, 4.69) is 5.32 Å². The summed E-state index contributed by atoms with van der Waals surface area (Å²) in [5.41, 5.74) is 0.326. The van der Waals surface area contributed by atoms with Gasteiger partial charge < -0.3 is 14.8 Å². The Balaban J connectivity index is 1.81. The molecule has 1 aromatic rings. The Labute approximate surface area is 122 Å². The Morgan fingerprint density at radius 1 is 1.65 bits per heavy atom. The van der Waals surface area contributed by atoms with E-state index in [-0.39, 0.29) is 23.1 Å². The van der Waals surface area contributed by atoms with Crippen LogP contribution in [0.3, 0.4) is 0 Å². The summed E-state index contributed by atoms with van der Waals surface area (Å²) in [4.78, 5) is 11.9. The number of hydrogen-bond donors (Lipinski definition) is 1. The first-order valence-corrected chi connectivity index (χ1v) is 6.89. The zero-order chi connectivity index (χ0) is 14.5. The zero-order valence-corrected chi connectivity index (χ0v) is 12.0. The third-order valence-corrected chi connectivity index (χ3v) is 3.32. The van der Waals surface area contributed by atoms with Crippen molar-refractivity contribution in [2.45, 2.75) is 25.5 Å². The average molecular weight is 302 g/mol. The SMILES string of the molecule is CC(COC1CCOC1)NC(=O)c1ccc(F)c(Cl)c1. The van der Waals surface area contributed by atoms with E-state index < -0.39 is 5.82 Å². The summed E-state index contributed by atoms with van der Waals surface area (Å²) in [7, 11) is 0. The van der Waals surface area contributed by atoms with Crippen LogP contribution in [-0.2, 0) is 9.47 Å². The predicted octanol–water partition coefficient (Wildman–Crippen LogP) is 2.40. The van der Waals surface area contributed by atoms with Gasteiger partial charge in [0.1, 0.15) is 5.82 Å². The van der Waals surface area contributed by atoms with E-state index in [1.807, 2.05) is 6.92 Å². The Morgan fingerprint density at radius 2 is 2.45 bits per heavy atom. The molecule has 4 nitrogen and oxygen atoms in total. The molecule has 110 valence electrons. The van der Waals surface area contributed by atoms with Crippen molar-refractivity contribution in [3.63, 3.8) is 0 Å². The monoisotopic (exact) mass is 301 g/mol. The lowest BCUT2D eigenvalue weighted by atomic mass is 10.2. The minimum absolute atomic E-state index is 0.0651. The van der Waals surface area contributed by atoms with Gasteiger partial charge in [0.15, 0.2) is 0 Å². The van der Waals surface area contributed by atoms with Gasteiger partial charge in [0.2, 0.25) is 0 Å². The van der Waals surface area contributed by atoms with Gasteiger partial charge in [-0.3, -0.25) is 4.79 Å². The van der Waals surface area contributed by atoms with Gasteiger partial charge in [-0.05, 0) is 31.5 Å². The number of nitrogens with one attached hydrogen (secondary N) is 1. The molecule has 0 saturated carbocycles. The molecule has 1 aliphatic rings. The maximum atomic E-state index is 13.0. The average Bonchev–Trinajstić information content (AvgIpc) is 2.92. The van der Waals surface area contributed by atoms with Crippen molar-refractivity contribution in [2.24, 2.45) is 0 Å². The molecule has 0 radical (unpaired) electrons. The second-order valence-electron chi connectivity index (χ2n) is 4.82. The lowest BCUT2D eigenvalue weighted by Gasteiger charge is -2.17. The minimum Gasteiger partial charge on any atom is -0.379 e. The molecule has 1 fully saturated rings. The van der Waals surface area contributed by atoms with Crippen LogP contribution in [0.4, 0.5) is 4.39 Å². The van der Waals surface area contributed by atoms with Gasteiger partial charge in [-0.15, -0.1) is 0 Å². The summed E-state index contributed by atoms with van der Waals surface area (Å²) in [5.74, 6) is -0.841. The van der Waals surface area contributed by atoms with Crippen LogP contribution in [0.5, 0.6) is 0 Å². The van der Waals surface area contributed by atoms with Crippen molar-refractivity contribution in [1.82, 2.24) is 5.32 Å². The van der Waals surface area contributed by atoms with E-state index in [9.17, 15) is 9.18 Å². The number of carbonyl (C=O) groups excluding carboxylic acids is 1. The highest BCUT2D eigenvalue weighted by Gasteiger charge is 2.18. The predicted molar refractivity (Wildman–Crippen MR) is 73.5 cm³/mol. The first kappa shape index (κ1) is 15.2. The van der Waals surface area contributed by atoms with E-state index >= 15 is 0 Å². The van der Waals surface area contributed by atoms with E-state index in [1.165, 1.54) is 18.2 Å². The van der Waals surface area contributed by atoms with Crippen molar-refractivity contribution < 1.29 is 18.7 Å². The highest BCUT2D eigenvalue weighted by atomic mass is 35.5. The number of benzene rings is 1. The fourth-order valence-corrected chi connectivity index (χ4v) is 2.09. The van der Waals surface area contributed by atoms with Gasteiger partial charge in [-0.1, -0.05) is 11.6 Å². The van der Waals surface area contributed by atoms with Crippen molar-refractivity contribution in [3.05, 3.63) is 34.6 Å². The molecule has 6 heteroatoms. The number of halogens is 2. The molecule has 1 N–H and O–H groups in total. The number of carbonyl (C=O) groups is 1. The molecule has 1 amide bonds. The molecule has 0 aliphatic carbocycles. The van der Waals surface area contributed by atoms with Gasteiger partial charge in [0.05, 0.1) is 24.3 Å². The summed E-state index contributed by atoms with van der Waals surface area (Å²) in [6.07, 6.45) is 0.989. The van der Waals surface area contributed by atoms with Crippen molar-refractivity contribution in [3.8, 4) is 0 Å². The standard InChI is InChI=1S/C14H17ClFNO3/c1-9(7-20-11-4-5-19-8-11)17-14(18)10-2-3-13(16)12(15)6-10/h2-3,6,9,11H,4-5,7-8H2,1H3,(H,17,18). The van der Waals surface area contributed by atoms with Crippen molar-refractivity contribution in [2.75, 3.05) is 19.8 Å². The van der Waals surface area contributed by atoms with Crippen LogP contribution in [0.1, 0.15) is 23.7 Å². The van der Waals surface area contributed by atoms with Crippen LogP contribution < -0.4 is 5.32 Å². The van der Waals surface area contributed by atoms with Crippen LogP contribution >= 0.6 is 11.6 Å². The lowest BCUT2D eigenvalue weighted by Crippen LogP contribution is -2.37. The molecule has 1 saturated heterocycles. The summed E-state index contributed by atoms with van der Waals surface area (Å²) in [6, 6.07) is 3.74. The van der Waals surface area contributed by atoms with Crippen LogP contribution in [0.2, 0.25) is 5.02 Å². The van der Waals surface area contributed by atoms with Gasteiger partial charge in [0.25, 0.3) is 5.91 Å². The molecule has 1 heterocycles. The minimum atomic E-state index is -0.541. The number of ether oxygens (including phenoxy) is 2. The normalized spacial score (nSPS) is 19.9. The van der Waals surface area contributed by atoms with Gasteiger partial charge >= 0.3 is 0 Å². The zero-order valence-electron chi connectivity index (χ0n) is 11.2. The van der Waals surface area contributed by atoms with E-state index in [0.717, 1.165) is 13.0 Å². The first-order valence-electron chi connectivity index (χ1n) is 6.51. The Morgan fingerprint density at radius 3 is 3.10 bits per heavy atom. The molecule has 0 bridgehead atoms. The van der Waals surface area contributed by atoms with Gasteiger partial charge in [-0.25, -0.2) is 4.39 Å². The topological polar surface area (TPSA) is 47.6 Å². The Hall–Kier alpha value is -1.17. The van der Waals surface area contributed by atoms with Gasteiger partial charge in [-0.2, -0.15) is 0 Å². The largest absolute Gasteiger partial charge is 0.379 e. The smallest absolute Gasteiger partial charge is 0.251 e. The molecule has 2 atom stereocenters. The summed E-state index contributed by atoms with van der Waals surface area (Å²) >= 11 is 5.65. The molecule has 2 rings (SSSR count). The van der Waals surface area contributed by atoms with Crippen molar-refractivity contribution >= 4 is 17.5 Å².